The number of hydrogen-bond acceptors (Lipinski definition) is 6. The molecule has 8 heteroatoms. The van der Waals surface area contributed by atoms with Gasteiger partial charge in [-0.25, -0.2) is 9.67 Å². The molecule has 0 unspecified atom stereocenters. The predicted molar refractivity (Wildman–Crippen MR) is 103 cm³/mol. The molecule has 4 rings (SSSR count). The number of benzene rings is 1. The van der Waals surface area contributed by atoms with Crippen molar-refractivity contribution in [1.29, 1.82) is 0 Å². The van der Waals surface area contributed by atoms with Crippen LogP contribution in [0.25, 0.3) is 17.1 Å². The van der Waals surface area contributed by atoms with Crippen LogP contribution >= 0.6 is 0 Å². The summed E-state index contributed by atoms with van der Waals surface area (Å²) in [6.07, 6.45) is 6.69. The van der Waals surface area contributed by atoms with E-state index in [1.54, 1.807) is 18.0 Å². The number of aromatic nitrogens is 5. The fraction of sp³-hybridized carbons (Fsp3) is 0.450. The van der Waals surface area contributed by atoms with Gasteiger partial charge >= 0.3 is 0 Å². The highest BCUT2D eigenvalue weighted by Crippen LogP contribution is 2.34. The van der Waals surface area contributed by atoms with Crippen molar-refractivity contribution in [2.45, 2.75) is 44.2 Å². The van der Waals surface area contributed by atoms with Crippen LogP contribution in [0.15, 0.2) is 36.7 Å². The van der Waals surface area contributed by atoms with E-state index in [1.165, 1.54) is 0 Å². The average molecular weight is 383 g/mol. The van der Waals surface area contributed by atoms with Gasteiger partial charge in [0.1, 0.15) is 11.6 Å². The first-order valence-corrected chi connectivity index (χ1v) is 9.61. The fourth-order valence-electron chi connectivity index (χ4n) is 3.66. The summed E-state index contributed by atoms with van der Waals surface area (Å²) in [5, 5.41) is 28.0. The Morgan fingerprint density at radius 3 is 2.57 bits per heavy atom. The molecule has 1 aromatic carbocycles. The quantitative estimate of drug-likeness (QED) is 0.677. The summed E-state index contributed by atoms with van der Waals surface area (Å²) in [6.45, 7) is 0.469. The van der Waals surface area contributed by atoms with Crippen LogP contribution in [0.2, 0.25) is 0 Å². The van der Waals surface area contributed by atoms with Crippen molar-refractivity contribution in [2.24, 2.45) is 0 Å². The average Bonchev–Trinajstić information content (AvgIpc) is 3.36. The van der Waals surface area contributed by atoms with E-state index in [1.807, 2.05) is 35.1 Å². The Balaban J connectivity index is 1.72. The molecule has 0 aliphatic heterocycles. The molecule has 2 heterocycles. The van der Waals surface area contributed by atoms with E-state index in [0.29, 0.717) is 12.4 Å². The van der Waals surface area contributed by atoms with Crippen LogP contribution in [0, 0.1) is 0 Å². The van der Waals surface area contributed by atoms with Gasteiger partial charge in [-0.15, -0.1) is 5.10 Å². The monoisotopic (exact) mass is 383 g/mol. The van der Waals surface area contributed by atoms with Crippen LogP contribution in [0.1, 0.15) is 37.4 Å². The molecule has 2 aromatic heterocycles. The van der Waals surface area contributed by atoms with Crippen molar-refractivity contribution in [1.82, 2.24) is 24.5 Å². The Labute approximate surface area is 163 Å². The minimum Gasteiger partial charge on any atom is -0.497 e. The summed E-state index contributed by atoms with van der Waals surface area (Å²) in [5.41, 5.74) is 1.74. The fourth-order valence-corrected chi connectivity index (χ4v) is 3.66. The molecule has 148 valence electrons. The molecular weight excluding hydrogens is 358 g/mol. The maximum atomic E-state index is 9.87. The second-order valence-corrected chi connectivity index (χ2v) is 7.12. The van der Waals surface area contributed by atoms with E-state index in [9.17, 15) is 5.11 Å². The van der Waals surface area contributed by atoms with Crippen molar-refractivity contribution in [3.63, 3.8) is 0 Å². The summed E-state index contributed by atoms with van der Waals surface area (Å²) in [7, 11) is 1.64. The van der Waals surface area contributed by atoms with Crippen LogP contribution in [0.3, 0.4) is 0 Å². The van der Waals surface area contributed by atoms with E-state index in [-0.39, 0.29) is 18.6 Å². The van der Waals surface area contributed by atoms with E-state index in [2.05, 4.69) is 5.10 Å². The van der Waals surface area contributed by atoms with Crippen molar-refractivity contribution in [3.05, 3.63) is 42.5 Å². The van der Waals surface area contributed by atoms with Gasteiger partial charge in [0.05, 0.1) is 43.8 Å². The molecule has 1 aliphatic rings. The third-order valence-electron chi connectivity index (χ3n) is 5.23. The number of ether oxygens (including phenoxy) is 1. The smallest absolute Gasteiger partial charge is 0.185 e. The lowest BCUT2D eigenvalue weighted by Crippen LogP contribution is -2.19. The number of aliphatic hydroxyl groups is 2. The zero-order valence-corrected chi connectivity index (χ0v) is 15.9. The zero-order valence-electron chi connectivity index (χ0n) is 15.9. The number of rotatable bonds is 6. The van der Waals surface area contributed by atoms with Crippen molar-refractivity contribution in [2.75, 3.05) is 13.7 Å². The van der Waals surface area contributed by atoms with Crippen LogP contribution in [0.5, 0.6) is 5.75 Å². The number of methoxy groups -OCH3 is 1. The van der Waals surface area contributed by atoms with Gasteiger partial charge in [-0.3, -0.25) is 4.68 Å². The second-order valence-electron chi connectivity index (χ2n) is 7.12. The van der Waals surface area contributed by atoms with Gasteiger partial charge in [0.2, 0.25) is 0 Å². The van der Waals surface area contributed by atoms with Crippen molar-refractivity contribution in [3.8, 4) is 22.8 Å². The molecule has 8 nitrogen and oxygen atoms in total. The minimum atomic E-state index is -0.218. The maximum absolute atomic E-state index is 9.87. The van der Waals surface area contributed by atoms with Gasteiger partial charge in [0.15, 0.2) is 5.82 Å². The van der Waals surface area contributed by atoms with Gasteiger partial charge in [-0.05, 0) is 49.9 Å². The maximum Gasteiger partial charge on any atom is 0.185 e. The van der Waals surface area contributed by atoms with Gasteiger partial charge in [0.25, 0.3) is 0 Å². The minimum absolute atomic E-state index is 0.0322. The summed E-state index contributed by atoms with van der Waals surface area (Å²) in [6, 6.07) is 7.75. The molecule has 2 N–H and O–H groups in total. The number of hydrogen-bond donors (Lipinski definition) is 2. The summed E-state index contributed by atoms with van der Waals surface area (Å²) < 4.78 is 8.83. The van der Waals surface area contributed by atoms with E-state index in [4.69, 9.17) is 19.9 Å². The lowest BCUT2D eigenvalue weighted by Gasteiger charge is -2.24. The first kappa shape index (κ1) is 18.6. The van der Waals surface area contributed by atoms with Crippen molar-refractivity contribution < 1.29 is 14.9 Å². The molecule has 0 spiro atoms. The van der Waals surface area contributed by atoms with Crippen molar-refractivity contribution >= 4 is 0 Å². The highest BCUT2D eigenvalue weighted by molar-refractivity contribution is 5.53. The molecule has 1 aliphatic carbocycles. The van der Waals surface area contributed by atoms with E-state index < -0.39 is 0 Å². The molecule has 0 saturated heterocycles. The topological polar surface area (TPSA) is 98.2 Å². The lowest BCUT2D eigenvalue weighted by molar-refractivity contribution is 0.121. The molecule has 1 fully saturated rings. The van der Waals surface area contributed by atoms with Gasteiger partial charge < -0.3 is 14.9 Å². The largest absolute Gasteiger partial charge is 0.497 e. The summed E-state index contributed by atoms with van der Waals surface area (Å²) >= 11 is 0. The molecule has 1 saturated carbocycles. The SMILES string of the molecule is COc1ccc(-n2nc(-c3cnn(CCO)c3)nc2C2CCC(O)CC2)cc1. The number of aliphatic hydroxyl groups excluding tert-OH is 2. The lowest BCUT2D eigenvalue weighted by atomic mass is 9.87. The summed E-state index contributed by atoms with van der Waals surface area (Å²) in [4.78, 5) is 4.84. The molecule has 0 amide bonds. The first-order valence-electron chi connectivity index (χ1n) is 9.61. The number of nitrogens with zero attached hydrogens (tertiary/aromatic N) is 5. The molecular formula is C20H25N5O3. The Kier molecular flexibility index (Phi) is 5.40. The Bertz CT molecular complexity index is 910. The van der Waals surface area contributed by atoms with Gasteiger partial charge in [-0.2, -0.15) is 5.10 Å². The Morgan fingerprint density at radius 2 is 1.89 bits per heavy atom. The normalized spacial score (nSPS) is 19.7. The molecule has 0 atom stereocenters. The standard InChI is InChI=1S/C20H25N5O3/c1-28-18-8-4-16(5-9-18)25-20(14-2-6-17(27)7-3-14)22-19(23-25)15-12-21-24(13-15)10-11-26/h4-5,8-9,12-14,17,26-27H,2-3,6-7,10-11H2,1H3. The highest BCUT2D eigenvalue weighted by atomic mass is 16.5. The molecule has 28 heavy (non-hydrogen) atoms. The van der Waals surface area contributed by atoms with Crippen LogP contribution in [0.4, 0.5) is 0 Å². The Morgan fingerprint density at radius 1 is 1.14 bits per heavy atom. The highest BCUT2D eigenvalue weighted by Gasteiger charge is 2.27. The van der Waals surface area contributed by atoms with Gasteiger partial charge in [0, 0.05) is 12.1 Å². The van der Waals surface area contributed by atoms with Crippen LogP contribution in [-0.4, -0.2) is 54.6 Å². The first-order chi connectivity index (χ1) is 13.7. The van der Waals surface area contributed by atoms with Crippen LogP contribution < -0.4 is 4.74 Å². The summed E-state index contributed by atoms with van der Waals surface area (Å²) in [5.74, 6) is 2.55. The van der Waals surface area contributed by atoms with E-state index >= 15 is 0 Å². The third kappa shape index (κ3) is 3.79. The van der Waals surface area contributed by atoms with Gasteiger partial charge in [-0.1, -0.05) is 0 Å². The second kappa shape index (κ2) is 8.12. The zero-order chi connectivity index (χ0) is 19.5. The van der Waals surface area contributed by atoms with Crippen LogP contribution in [-0.2, 0) is 6.54 Å². The molecule has 0 bridgehead atoms. The third-order valence-corrected chi connectivity index (χ3v) is 5.23. The molecule has 3 aromatic rings. The van der Waals surface area contributed by atoms with E-state index in [0.717, 1.165) is 48.5 Å². The molecule has 0 radical (unpaired) electrons. The Hall–Kier alpha value is -2.71. The predicted octanol–water partition coefficient (Wildman–Crippen LogP) is 2.15.